The summed E-state index contributed by atoms with van der Waals surface area (Å²) in [6.45, 7) is 1.10. The lowest BCUT2D eigenvalue weighted by molar-refractivity contribution is -0.137. The van der Waals surface area contributed by atoms with E-state index in [1.165, 1.54) is 6.20 Å². The number of nitrogens with zero attached hydrogens (tertiary/aromatic N) is 3. The van der Waals surface area contributed by atoms with Gasteiger partial charge in [-0.1, -0.05) is 30.3 Å². The summed E-state index contributed by atoms with van der Waals surface area (Å²) in [5.74, 6) is -0.194. The topological polar surface area (TPSA) is 152 Å². The zero-order valence-corrected chi connectivity index (χ0v) is 20.6. The first-order valence-electron chi connectivity index (χ1n) is 12.1. The average Bonchev–Trinajstić information content (AvgIpc) is 2.93. The van der Waals surface area contributed by atoms with Gasteiger partial charge in [0, 0.05) is 24.5 Å². The fourth-order valence-electron chi connectivity index (χ4n) is 3.67. The summed E-state index contributed by atoms with van der Waals surface area (Å²) in [5.41, 5.74) is 8.34. The van der Waals surface area contributed by atoms with Crippen molar-refractivity contribution in [3.05, 3.63) is 108 Å². The van der Waals surface area contributed by atoms with E-state index in [0.717, 1.165) is 16.9 Å². The fraction of sp³-hybridized carbons (Fsp3) is 0.179. The highest BCUT2D eigenvalue weighted by atomic mass is 16.5. The Morgan fingerprint density at radius 2 is 1.68 bits per heavy atom. The molecular weight excluding hydrogens is 484 g/mol. The molecule has 0 saturated carbocycles. The van der Waals surface area contributed by atoms with Crippen LogP contribution in [0.25, 0.3) is 0 Å². The summed E-state index contributed by atoms with van der Waals surface area (Å²) in [4.78, 5) is 37.1. The number of carboxylic acid groups (broad SMARTS) is 1. The Bertz CT molecular complexity index is 1350. The van der Waals surface area contributed by atoms with Crippen LogP contribution in [0.4, 0.5) is 5.82 Å². The number of ether oxygens (including phenoxy) is 1. The van der Waals surface area contributed by atoms with E-state index in [4.69, 9.17) is 10.5 Å². The third-order valence-corrected chi connectivity index (χ3v) is 5.62. The van der Waals surface area contributed by atoms with Gasteiger partial charge in [0.2, 0.25) is 0 Å². The molecule has 0 bridgehead atoms. The van der Waals surface area contributed by atoms with E-state index in [1.807, 2.05) is 42.5 Å². The van der Waals surface area contributed by atoms with Gasteiger partial charge in [0.15, 0.2) is 0 Å². The highest BCUT2D eigenvalue weighted by Crippen LogP contribution is 2.22. The molecule has 194 valence electrons. The number of aromatic nitrogens is 3. The van der Waals surface area contributed by atoms with Crippen LogP contribution in [-0.4, -0.2) is 38.5 Å². The predicted octanol–water partition coefficient (Wildman–Crippen LogP) is 3.72. The van der Waals surface area contributed by atoms with Crippen LogP contribution in [0.1, 0.15) is 39.6 Å². The van der Waals surface area contributed by atoms with Gasteiger partial charge in [-0.15, -0.1) is 0 Å². The zero-order valence-electron chi connectivity index (χ0n) is 20.6. The molecule has 0 saturated heterocycles. The number of carbonyl (C=O) groups excluding carboxylic acids is 1. The molecule has 4 aromatic rings. The number of hydrogen-bond donors (Lipinski definition) is 4. The first kappa shape index (κ1) is 26.2. The van der Waals surface area contributed by atoms with E-state index >= 15 is 0 Å². The van der Waals surface area contributed by atoms with Crippen LogP contribution in [0.15, 0.2) is 85.2 Å². The van der Waals surface area contributed by atoms with Crippen molar-refractivity contribution >= 4 is 17.7 Å². The molecular formula is C28H28N6O4. The number of benzene rings is 2. The van der Waals surface area contributed by atoms with Crippen molar-refractivity contribution in [2.24, 2.45) is 5.73 Å². The van der Waals surface area contributed by atoms with E-state index in [-0.39, 0.29) is 12.4 Å². The van der Waals surface area contributed by atoms with Gasteiger partial charge < -0.3 is 26.2 Å². The fourth-order valence-corrected chi connectivity index (χ4v) is 3.67. The lowest BCUT2D eigenvalue weighted by atomic mass is 10.1. The molecule has 2 aromatic carbocycles. The molecule has 2 aromatic heterocycles. The van der Waals surface area contributed by atoms with Crippen molar-refractivity contribution in [2.45, 2.75) is 25.4 Å². The van der Waals surface area contributed by atoms with E-state index in [1.54, 1.807) is 36.5 Å². The summed E-state index contributed by atoms with van der Waals surface area (Å²) in [6.07, 6.45) is 3.54. The molecule has 2 heterocycles. The normalized spacial score (nSPS) is 11.4. The highest BCUT2D eigenvalue weighted by molar-refractivity contribution is 5.94. The molecule has 0 radical (unpaired) electrons. The minimum Gasteiger partial charge on any atom is -0.481 e. The SMILES string of the molecule is NCCc1ccc(C(=O)NC(CC(=O)O)c2ccnc(Oc3ccc(CNc4ccccn4)cc3)n2)cc1. The summed E-state index contributed by atoms with van der Waals surface area (Å²) >= 11 is 0. The van der Waals surface area contributed by atoms with Crippen molar-refractivity contribution in [1.29, 1.82) is 0 Å². The van der Waals surface area contributed by atoms with Crippen LogP contribution in [0, 0.1) is 0 Å². The molecule has 0 aliphatic carbocycles. The summed E-state index contributed by atoms with van der Waals surface area (Å²) in [6, 6.07) is 20.8. The molecule has 4 rings (SSSR count). The largest absolute Gasteiger partial charge is 0.481 e. The Kier molecular flexibility index (Phi) is 8.93. The number of anilines is 1. The van der Waals surface area contributed by atoms with Crippen LogP contribution in [-0.2, 0) is 17.8 Å². The number of pyridine rings is 1. The first-order chi connectivity index (χ1) is 18.5. The lowest BCUT2D eigenvalue weighted by Crippen LogP contribution is -2.31. The summed E-state index contributed by atoms with van der Waals surface area (Å²) < 4.78 is 5.79. The number of aliphatic carboxylic acids is 1. The number of carboxylic acids is 1. The third-order valence-electron chi connectivity index (χ3n) is 5.62. The molecule has 0 spiro atoms. The lowest BCUT2D eigenvalue weighted by Gasteiger charge is -2.17. The Balaban J connectivity index is 1.41. The Hall–Kier alpha value is -4.83. The van der Waals surface area contributed by atoms with Crippen LogP contribution < -0.4 is 21.1 Å². The van der Waals surface area contributed by atoms with Gasteiger partial charge in [-0.2, -0.15) is 4.98 Å². The number of rotatable bonds is 12. The molecule has 1 amide bonds. The second kappa shape index (κ2) is 12.9. The van der Waals surface area contributed by atoms with Gasteiger partial charge in [0.25, 0.3) is 5.91 Å². The molecule has 10 heteroatoms. The number of amides is 1. The summed E-state index contributed by atoms with van der Waals surface area (Å²) in [7, 11) is 0. The van der Waals surface area contributed by atoms with Crippen LogP contribution in [0.5, 0.6) is 11.8 Å². The van der Waals surface area contributed by atoms with Crippen molar-refractivity contribution in [1.82, 2.24) is 20.3 Å². The van der Waals surface area contributed by atoms with E-state index in [0.29, 0.717) is 36.5 Å². The van der Waals surface area contributed by atoms with Crippen LogP contribution in [0.3, 0.4) is 0 Å². The van der Waals surface area contributed by atoms with Gasteiger partial charge >= 0.3 is 12.0 Å². The Morgan fingerprint density at radius 3 is 2.37 bits per heavy atom. The average molecular weight is 513 g/mol. The monoisotopic (exact) mass is 512 g/mol. The standard InChI is InChI=1S/C28H28N6O4/c29-14-12-19-4-8-21(9-5-19)27(37)33-24(17-26(35)36)23-13-16-31-28(34-23)38-22-10-6-20(7-11-22)18-32-25-3-1-2-15-30-25/h1-11,13,15-16,24H,12,14,17-18,29H2,(H,30,32)(H,33,37)(H,35,36). The van der Waals surface area contributed by atoms with Gasteiger partial charge in [-0.3, -0.25) is 9.59 Å². The quantitative estimate of drug-likeness (QED) is 0.222. The molecule has 0 aliphatic rings. The van der Waals surface area contributed by atoms with Crippen molar-refractivity contribution in [2.75, 3.05) is 11.9 Å². The third kappa shape index (κ3) is 7.58. The molecule has 0 aliphatic heterocycles. The predicted molar refractivity (Wildman–Crippen MR) is 142 cm³/mol. The van der Waals surface area contributed by atoms with Gasteiger partial charge in [-0.25, -0.2) is 9.97 Å². The zero-order chi connectivity index (χ0) is 26.7. The van der Waals surface area contributed by atoms with Crippen LogP contribution in [0.2, 0.25) is 0 Å². The smallest absolute Gasteiger partial charge is 0.322 e. The maximum Gasteiger partial charge on any atom is 0.322 e. The molecule has 5 N–H and O–H groups in total. The second-order valence-corrected chi connectivity index (χ2v) is 8.44. The van der Waals surface area contributed by atoms with E-state index < -0.39 is 17.9 Å². The van der Waals surface area contributed by atoms with Crippen molar-refractivity contribution in [3.8, 4) is 11.8 Å². The first-order valence-corrected chi connectivity index (χ1v) is 12.1. The Morgan fingerprint density at radius 1 is 0.921 bits per heavy atom. The molecule has 38 heavy (non-hydrogen) atoms. The molecule has 10 nitrogen and oxygen atoms in total. The Labute approximate surface area is 219 Å². The van der Waals surface area contributed by atoms with Gasteiger partial charge in [0.1, 0.15) is 11.6 Å². The highest BCUT2D eigenvalue weighted by Gasteiger charge is 2.21. The minimum atomic E-state index is -1.08. The van der Waals surface area contributed by atoms with E-state index in [2.05, 4.69) is 25.6 Å². The summed E-state index contributed by atoms with van der Waals surface area (Å²) in [5, 5.41) is 15.4. The van der Waals surface area contributed by atoms with Crippen molar-refractivity contribution < 1.29 is 19.4 Å². The number of carbonyl (C=O) groups is 2. The molecule has 1 atom stereocenters. The number of hydrogen-bond acceptors (Lipinski definition) is 8. The van der Waals surface area contributed by atoms with Gasteiger partial charge in [-0.05, 0) is 66.6 Å². The maximum absolute atomic E-state index is 12.8. The molecule has 1 unspecified atom stereocenters. The van der Waals surface area contributed by atoms with Crippen molar-refractivity contribution in [3.63, 3.8) is 0 Å². The molecule has 0 fully saturated rings. The number of nitrogens with two attached hydrogens (primary N) is 1. The van der Waals surface area contributed by atoms with E-state index in [9.17, 15) is 14.7 Å². The maximum atomic E-state index is 12.8. The van der Waals surface area contributed by atoms with Gasteiger partial charge in [0.05, 0.1) is 18.2 Å². The second-order valence-electron chi connectivity index (χ2n) is 8.44. The van der Waals surface area contributed by atoms with Crippen LogP contribution >= 0.6 is 0 Å². The number of nitrogens with one attached hydrogen (secondary N) is 2. The minimum absolute atomic E-state index is 0.0395.